The Hall–Kier alpha value is -2.35. The molecule has 0 aliphatic rings. The first-order valence-electron chi connectivity index (χ1n) is 7.47. The number of benzene rings is 1. The molecule has 2 N–H and O–H groups in total. The van der Waals surface area contributed by atoms with Gasteiger partial charge in [0.05, 0.1) is 21.3 Å². The van der Waals surface area contributed by atoms with Gasteiger partial charge in [0, 0.05) is 6.08 Å². The van der Waals surface area contributed by atoms with Crippen LogP contribution in [0.3, 0.4) is 0 Å². The van der Waals surface area contributed by atoms with Crippen molar-refractivity contribution in [3.05, 3.63) is 23.8 Å². The topological polar surface area (TPSA) is 94.1 Å². The molecule has 1 atom stereocenters. The Kier molecular flexibility index (Phi) is 8.69. The maximum Gasteiger partial charge on any atom is 0.326 e. The molecule has 138 valence electrons. The van der Waals surface area contributed by atoms with Crippen LogP contribution in [0.2, 0.25) is 0 Å². The van der Waals surface area contributed by atoms with Gasteiger partial charge in [0.15, 0.2) is 11.5 Å². The fraction of sp³-hybridized carbons (Fsp3) is 0.412. The predicted octanol–water partition coefficient (Wildman–Crippen LogP) is 2.05. The lowest BCUT2D eigenvalue weighted by Gasteiger charge is -2.13. The van der Waals surface area contributed by atoms with Crippen LogP contribution in [0.15, 0.2) is 18.2 Å². The number of carboxylic acid groups (broad SMARTS) is 1. The van der Waals surface area contributed by atoms with Crippen LogP contribution in [0.1, 0.15) is 12.0 Å². The third kappa shape index (κ3) is 6.22. The van der Waals surface area contributed by atoms with Crippen LogP contribution in [-0.2, 0) is 9.59 Å². The number of ether oxygens (including phenoxy) is 3. The first-order chi connectivity index (χ1) is 12.0. The number of carbonyl (C=O) groups is 2. The third-order valence-electron chi connectivity index (χ3n) is 3.34. The number of methoxy groups -OCH3 is 3. The molecule has 1 rings (SSSR count). The van der Waals surface area contributed by atoms with Crippen LogP contribution in [0, 0.1) is 0 Å². The van der Waals surface area contributed by atoms with Gasteiger partial charge < -0.3 is 24.6 Å². The molecule has 1 unspecified atom stereocenters. The zero-order valence-corrected chi connectivity index (χ0v) is 15.5. The summed E-state index contributed by atoms with van der Waals surface area (Å²) >= 11 is 1.52. The van der Waals surface area contributed by atoms with Crippen LogP contribution >= 0.6 is 11.8 Å². The molecule has 0 bridgehead atoms. The van der Waals surface area contributed by atoms with E-state index in [9.17, 15) is 9.59 Å². The summed E-state index contributed by atoms with van der Waals surface area (Å²) in [4.78, 5) is 23.1. The van der Waals surface area contributed by atoms with E-state index in [0.717, 1.165) is 0 Å². The van der Waals surface area contributed by atoms with Crippen molar-refractivity contribution in [3.63, 3.8) is 0 Å². The minimum Gasteiger partial charge on any atom is -0.493 e. The molecule has 0 saturated heterocycles. The van der Waals surface area contributed by atoms with Crippen molar-refractivity contribution in [3.8, 4) is 17.2 Å². The average Bonchev–Trinajstić information content (AvgIpc) is 2.61. The minimum absolute atomic E-state index is 0.361. The van der Waals surface area contributed by atoms with Crippen LogP contribution in [0.25, 0.3) is 6.08 Å². The van der Waals surface area contributed by atoms with Gasteiger partial charge in [-0.15, -0.1) is 0 Å². The van der Waals surface area contributed by atoms with E-state index in [4.69, 9.17) is 19.3 Å². The Morgan fingerprint density at radius 3 is 2.24 bits per heavy atom. The summed E-state index contributed by atoms with van der Waals surface area (Å²) in [5.74, 6) is 0.490. The summed E-state index contributed by atoms with van der Waals surface area (Å²) < 4.78 is 15.7. The standard InChI is InChI=1S/C17H23NO6S/c1-22-13-9-11(10-14(23-2)16(13)24-3)5-6-15(19)18-12(17(20)21)7-8-25-4/h5-6,9-10,12H,7-8H2,1-4H3,(H,18,19)(H,20,21)/b6-5+. The summed E-state index contributed by atoms with van der Waals surface area (Å²) in [7, 11) is 4.51. The molecule has 1 aromatic rings. The quantitative estimate of drug-likeness (QED) is 0.610. The highest BCUT2D eigenvalue weighted by molar-refractivity contribution is 7.98. The second kappa shape index (κ2) is 10.5. The molecule has 0 aliphatic carbocycles. The number of rotatable bonds is 10. The van der Waals surface area contributed by atoms with Gasteiger partial charge in [0.1, 0.15) is 6.04 Å². The lowest BCUT2D eigenvalue weighted by molar-refractivity contribution is -0.141. The van der Waals surface area contributed by atoms with Crippen molar-refractivity contribution in [2.45, 2.75) is 12.5 Å². The Labute approximate surface area is 151 Å². The van der Waals surface area contributed by atoms with E-state index >= 15 is 0 Å². The van der Waals surface area contributed by atoms with Crippen LogP contribution in [0.4, 0.5) is 0 Å². The van der Waals surface area contributed by atoms with E-state index in [1.54, 1.807) is 18.2 Å². The van der Waals surface area contributed by atoms with Crippen molar-refractivity contribution in [1.82, 2.24) is 5.32 Å². The van der Waals surface area contributed by atoms with Crippen molar-refractivity contribution in [2.24, 2.45) is 0 Å². The molecular weight excluding hydrogens is 346 g/mol. The van der Waals surface area contributed by atoms with Gasteiger partial charge >= 0.3 is 5.97 Å². The molecule has 1 amide bonds. The molecule has 7 nitrogen and oxygen atoms in total. The molecule has 0 heterocycles. The number of carbonyl (C=O) groups excluding carboxylic acids is 1. The maximum absolute atomic E-state index is 12.0. The maximum atomic E-state index is 12.0. The van der Waals surface area contributed by atoms with Crippen LogP contribution in [-0.4, -0.2) is 56.4 Å². The number of amides is 1. The van der Waals surface area contributed by atoms with E-state index in [0.29, 0.717) is 35.0 Å². The average molecular weight is 369 g/mol. The molecule has 1 aromatic carbocycles. The van der Waals surface area contributed by atoms with Gasteiger partial charge in [0.2, 0.25) is 11.7 Å². The minimum atomic E-state index is -1.05. The Morgan fingerprint density at radius 1 is 1.20 bits per heavy atom. The molecule has 0 saturated carbocycles. The molecule has 0 radical (unpaired) electrons. The van der Waals surface area contributed by atoms with Gasteiger partial charge in [-0.25, -0.2) is 4.79 Å². The summed E-state index contributed by atoms with van der Waals surface area (Å²) in [6.07, 6.45) is 5.06. The summed E-state index contributed by atoms with van der Waals surface area (Å²) in [5.41, 5.74) is 0.653. The van der Waals surface area contributed by atoms with E-state index < -0.39 is 17.9 Å². The SMILES string of the molecule is COc1cc(/C=C/C(=O)NC(CCSC)C(=O)O)cc(OC)c1OC. The predicted molar refractivity (Wildman–Crippen MR) is 97.7 cm³/mol. The first-order valence-corrected chi connectivity index (χ1v) is 8.86. The van der Waals surface area contributed by atoms with Crippen LogP contribution < -0.4 is 19.5 Å². The van der Waals surface area contributed by atoms with E-state index in [-0.39, 0.29) is 0 Å². The molecule has 0 fully saturated rings. The van der Waals surface area contributed by atoms with Crippen LogP contribution in [0.5, 0.6) is 17.2 Å². The number of hydrogen-bond acceptors (Lipinski definition) is 6. The summed E-state index contributed by atoms with van der Waals surface area (Å²) in [6, 6.07) is 2.46. The van der Waals surface area contributed by atoms with Gasteiger partial charge in [-0.2, -0.15) is 11.8 Å². The zero-order valence-electron chi connectivity index (χ0n) is 14.7. The van der Waals surface area contributed by atoms with E-state index in [1.807, 2.05) is 6.26 Å². The Balaban J connectivity index is 2.89. The van der Waals surface area contributed by atoms with Gasteiger partial charge in [-0.05, 0) is 42.2 Å². The molecule has 0 spiro atoms. The lowest BCUT2D eigenvalue weighted by atomic mass is 10.1. The zero-order chi connectivity index (χ0) is 18.8. The van der Waals surface area contributed by atoms with Gasteiger partial charge in [-0.3, -0.25) is 4.79 Å². The number of thioether (sulfide) groups is 1. The largest absolute Gasteiger partial charge is 0.493 e. The fourth-order valence-corrected chi connectivity index (χ4v) is 2.55. The van der Waals surface area contributed by atoms with Crippen molar-refractivity contribution in [2.75, 3.05) is 33.3 Å². The second-order valence-electron chi connectivity index (χ2n) is 4.97. The van der Waals surface area contributed by atoms with Crippen molar-refractivity contribution >= 4 is 29.7 Å². The summed E-state index contributed by atoms with van der Waals surface area (Å²) in [5, 5.41) is 11.6. The second-order valence-corrected chi connectivity index (χ2v) is 5.96. The normalized spacial score (nSPS) is 11.8. The number of nitrogens with one attached hydrogen (secondary N) is 1. The summed E-state index contributed by atoms with van der Waals surface area (Å²) in [6.45, 7) is 0. The monoisotopic (exact) mass is 369 g/mol. The number of hydrogen-bond donors (Lipinski definition) is 2. The van der Waals surface area contributed by atoms with Gasteiger partial charge in [0.25, 0.3) is 0 Å². The van der Waals surface area contributed by atoms with Crippen molar-refractivity contribution in [1.29, 1.82) is 0 Å². The molecule has 25 heavy (non-hydrogen) atoms. The lowest BCUT2D eigenvalue weighted by Crippen LogP contribution is -2.40. The van der Waals surface area contributed by atoms with Gasteiger partial charge in [-0.1, -0.05) is 0 Å². The highest BCUT2D eigenvalue weighted by Crippen LogP contribution is 2.38. The number of carboxylic acids is 1. The molecule has 0 aromatic heterocycles. The van der Waals surface area contributed by atoms with E-state index in [1.165, 1.54) is 39.2 Å². The highest BCUT2D eigenvalue weighted by Gasteiger charge is 2.18. The fourth-order valence-electron chi connectivity index (χ4n) is 2.08. The Morgan fingerprint density at radius 2 is 1.80 bits per heavy atom. The van der Waals surface area contributed by atoms with Crippen molar-refractivity contribution < 1.29 is 28.9 Å². The number of aliphatic carboxylic acids is 1. The first kappa shape index (κ1) is 20.7. The smallest absolute Gasteiger partial charge is 0.326 e. The molecule has 0 aliphatic heterocycles. The molecule has 8 heteroatoms. The molecular formula is C17H23NO6S. The highest BCUT2D eigenvalue weighted by atomic mass is 32.2. The Bertz CT molecular complexity index is 607. The third-order valence-corrected chi connectivity index (χ3v) is 3.98. The van der Waals surface area contributed by atoms with E-state index in [2.05, 4.69) is 5.32 Å².